The number of halogens is 1. The molecule has 0 aliphatic carbocycles. The normalized spacial score (nSPS) is 14.3. The monoisotopic (exact) mass is 416 g/mol. The molecular weight excluding hydrogens is 392 g/mol. The molecule has 0 atom stereocenters. The number of benzene rings is 2. The molecule has 2 aromatic carbocycles. The molecular formula is C22H25ClN2O4. The van der Waals surface area contributed by atoms with Crippen LogP contribution in [0.1, 0.15) is 12.8 Å². The maximum Gasteiger partial charge on any atom is 0.260 e. The van der Waals surface area contributed by atoms with Crippen LogP contribution < -0.4 is 14.8 Å². The predicted octanol–water partition coefficient (Wildman–Crippen LogP) is 3.15. The molecule has 0 spiro atoms. The smallest absolute Gasteiger partial charge is 0.260 e. The first-order valence-corrected chi connectivity index (χ1v) is 10.1. The highest BCUT2D eigenvalue weighted by molar-refractivity contribution is 6.30. The summed E-state index contributed by atoms with van der Waals surface area (Å²) in [5.41, 5.74) is 0. The number of ether oxygens (including phenoxy) is 2. The first-order chi connectivity index (χ1) is 14.1. The Morgan fingerprint density at radius 3 is 2.24 bits per heavy atom. The van der Waals surface area contributed by atoms with Gasteiger partial charge in [0.15, 0.2) is 13.2 Å². The third kappa shape index (κ3) is 6.98. The Balaban J connectivity index is 1.30. The summed E-state index contributed by atoms with van der Waals surface area (Å²) >= 11 is 5.82. The van der Waals surface area contributed by atoms with E-state index in [1.165, 1.54) is 0 Å². The van der Waals surface area contributed by atoms with Gasteiger partial charge in [0.05, 0.1) is 0 Å². The highest BCUT2D eigenvalue weighted by atomic mass is 35.5. The number of hydrogen-bond donors (Lipinski definition) is 1. The molecule has 0 saturated carbocycles. The molecule has 0 radical (unpaired) electrons. The number of carbonyl (C=O) groups excluding carboxylic acids is 2. The average Bonchev–Trinajstić information content (AvgIpc) is 2.76. The Bertz CT molecular complexity index is 790. The number of rotatable bonds is 8. The van der Waals surface area contributed by atoms with Gasteiger partial charge in [0.25, 0.3) is 11.8 Å². The van der Waals surface area contributed by atoms with Gasteiger partial charge in [0, 0.05) is 24.7 Å². The fourth-order valence-electron chi connectivity index (χ4n) is 3.13. The minimum Gasteiger partial charge on any atom is -0.484 e. The van der Waals surface area contributed by atoms with Gasteiger partial charge in [-0.2, -0.15) is 0 Å². The van der Waals surface area contributed by atoms with Gasteiger partial charge in [-0.1, -0.05) is 29.8 Å². The Labute approximate surface area is 175 Å². The van der Waals surface area contributed by atoms with Crippen molar-refractivity contribution in [2.75, 3.05) is 32.8 Å². The lowest BCUT2D eigenvalue weighted by atomic mass is 9.97. The minimum atomic E-state index is -0.158. The van der Waals surface area contributed by atoms with Crippen molar-refractivity contribution in [1.29, 1.82) is 0 Å². The SMILES string of the molecule is O=C(COc1ccc(Cl)cc1)NCC1CCN(C(=O)COc2ccccc2)CC1. The summed E-state index contributed by atoms with van der Waals surface area (Å²) in [7, 11) is 0. The number of hydrogen-bond acceptors (Lipinski definition) is 4. The summed E-state index contributed by atoms with van der Waals surface area (Å²) in [6, 6.07) is 16.2. The zero-order valence-corrected chi connectivity index (χ0v) is 16.9. The second kappa shape index (κ2) is 10.7. The van der Waals surface area contributed by atoms with E-state index < -0.39 is 0 Å². The van der Waals surface area contributed by atoms with E-state index >= 15 is 0 Å². The zero-order chi connectivity index (χ0) is 20.5. The standard InChI is InChI=1S/C22H25ClN2O4/c23-18-6-8-20(9-7-18)28-15-21(26)24-14-17-10-12-25(13-11-17)22(27)16-29-19-4-2-1-3-5-19/h1-9,17H,10-16H2,(H,24,26). The molecule has 7 heteroatoms. The molecule has 1 saturated heterocycles. The molecule has 1 N–H and O–H groups in total. The summed E-state index contributed by atoms with van der Waals surface area (Å²) in [4.78, 5) is 26.1. The van der Waals surface area contributed by atoms with E-state index in [-0.39, 0.29) is 25.0 Å². The van der Waals surface area contributed by atoms with Crippen LogP contribution in [0.5, 0.6) is 11.5 Å². The number of nitrogens with zero attached hydrogens (tertiary/aromatic N) is 1. The summed E-state index contributed by atoms with van der Waals surface area (Å²) in [5.74, 6) is 1.49. The number of nitrogens with one attached hydrogen (secondary N) is 1. The third-order valence-electron chi connectivity index (χ3n) is 4.84. The summed E-state index contributed by atoms with van der Waals surface area (Å²) < 4.78 is 11.0. The highest BCUT2D eigenvalue weighted by Crippen LogP contribution is 2.18. The van der Waals surface area contributed by atoms with E-state index in [9.17, 15) is 9.59 Å². The topological polar surface area (TPSA) is 67.9 Å². The largest absolute Gasteiger partial charge is 0.484 e. The van der Waals surface area contributed by atoms with Crippen LogP contribution in [-0.4, -0.2) is 49.6 Å². The number of carbonyl (C=O) groups is 2. The lowest BCUT2D eigenvalue weighted by Crippen LogP contribution is -2.43. The molecule has 0 aromatic heterocycles. The molecule has 29 heavy (non-hydrogen) atoms. The van der Waals surface area contributed by atoms with Crippen molar-refractivity contribution in [3.05, 3.63) is 59.6 Å². The minimum absolute atomic E-state index is 0.00676. The van der Waals surface area contributed by atoms with Crippen molar-refractivity contribution in [3.8, 4) is 11.5 Å². The lowest BCUT2D eigenvalue weighted by molar-refractivity contribution is -0.135. The Kier molecular flexibility index (Phi) is 7.76. The van der Waals surface area contributed by atoms with Crippen LogP contribution in [0.4, 0.5) is 0 Å². The van der Waals surface area contributed by atoms with Crippen molar-refractivity contribution >= 4 is 23.4 Å². The molecule has 154 valence electrons. The van der Waals surface area contributed by atoms with Crippen LogP contribution in [0.25, 0.3) is 0 Å². The molecule has 1 fully saturated rings. The fraction of sp³-hybridized carbons (Fsp3) is 0.364. The molecule has 0 bridgehead atoms. The van der Waals surface area contributed by atoms with Gasteiger partial charge >= 0.3 is 0 Å². The highest BCUT2D eigenvalue weighted by Gasteiger charge is 2.23. The first kappa shape index (κ1) is 21.0. The Hall–Kier alpha value is -2.73. The molecule has 1 heterocycles. The first-order valence-electron chi connectivity index (χ1n) is 9.71. The van der Waals surface area contributed by atoms with E-state index in [0.29, 0.717) is 42.1 Å². The van der Waals surface area contributed by atoms with Gasteiger partial charge in [0.2, 0.25) is 0 Å². The molecule has 6 nitrogen and oxygen atoms in total. The lowest BCUT2D eigenvalue weighted by Gasteiger charge is -2.32. The van der Waals surface area contributed by atoms with E-state index in [2.05, 4.69) is 5.32 Å². The summed E-state index contributed by atoms with van der Waals surface area (Å²) in [6.45, 7) is 1.96. The molecule has 3 rings (SSSR count). The number of para-hydroxylation sites is 1. The van der Waals surface area contributed by atoms with Crippen LogP contribution >= 0.6 is 11.6 Å². The van der Waals surface area contributed by atoms with E-state index in [1.807, 2.05) is 35.2 Å². The van der Waals surface area contributed by atoms with Crippen LogP contribution in [0, 0.1) is 5.92 Å². The van der Waals surface area contributed by atoms with E-state index in [4.69, 9.17) is 21.1 Å². The van der Waals surface area contributed by atoms with E-state index in [0.717, 1.165) is 12.8 Å². The average molecular weight is 417 g/mol. The Morgan fingerprint density at radius 1 is 0.931 bits per heavy atom. The van der Waals surface area contributed by atoms with Crippen LogP contribution in [-0.2, 0) is 9.59 Å². The number of piperidine rings is 1. The molecule has 2 amide bonds. The van der Waals surface area contributed by atoms with Crippen molar-refractivity contribution < 1.29 is 19.1 Å². The van der Waals surface area contributed by atoms with Crippen LogP contribution in [0.15, 0.2) is 54.6 Å². The number of likely N-dealkylation sites (tertiary alicyclic amines) is 1. The third-order valence-corrected chi connectivity index (χ3v) is 5.10. The maximum absolute atomic E-state index is 12.3. The maximum atomic E-state index is 12.3. The van der Waals surface area contributed by atoms with Gasteiger partial charge < -0.3 is 19.7 Å². The van der Waals surface area contributed by atoms with Gasteiger partial charge in [0.1, 0.15) is 11.5 Å². The van der Waals surface area contributed by atoms with Gasteiger partial charge in [-0.3, -0.25) is 9.59 Å². The second-order valence-electron chi connectivity index (χ2n) is 6.97. The van der Waals surface area contributed by atoms with Crippen LogP contribution in [0.2, 0.25) is 5.02 Å². The molecule has 0 unspecified atom stereocenters. The Morgan fingerprint density at radius 2 is 1.55 bits per heavy atom. The fourth-order valence-corrected chi connectivity index (χ4v) is 3.25. The van der Waals surface area contributed by atoms with Gasteiger partial charge in [-0.25, -0.2) is 0 Å². The van der Waals surface area contributed by atoms with E-state index in [1.54, 1.807) is 24.3 Å². The second-order valence-corrected chi connectivity index (χ2v) is 7.41. The van der Waals surface area contributed by atoms with Crippen molar-refractivity contribution in [2.45, 2.75) is 12.8 Å². The number of amides is 2. The predicted molar refractivity (Wildman–Crippen MR) is 111 cm³/mol. The summed E-state index contributed by atoms with van der Waals surface area (Å²) in [5, 5.41) is 3.53. The van der Waals surface area contributed by atoms with Crippen LogP contribution in [0.3, 0.4) is 0 Å². The van der Waals surface area contributed by atoms with Crippen molar-refractivity contribution in [2.24, 2.45) is 5.92 Å². The molecule has 1 aliphatic rings. The molecule has 1 aliphatic heterocycles. The van der Waals surface area contributed by atoms with Gasteiger partial charge in [-0.05, 0) is 55.2 Å². The zero-order valence-electron chi connectivity index (χ0n) is 16.2. The molecule has 2 aromatic rings. The van der Waals surface area contributed by atoms with Crippen molar-refractivity contribution in [1.82, 2.24) is 10.2 Å². The summed E-state index contributed by atoms with van der Waals surface area (Å²) in [6.07, 6.45) is 1.71. The van der Waals surface area contributed by atoms with Gasteiger partial charge in [-0.15, -0.1) is 0 Å². The quantitative estimate of drug-likeness (QED) is 0.717. The van der Waals surface area contributed by atoms with Crippen molar-refractivity contribution in [3.63, 3.8) is 0 Å².